The third kappa shape index (κ3) is 3.59. The maximum Gasteiger partial charge on any atom is 0.326 e. The molecule has 2 aliphatic rings. The van der Waals surface area contributed by atoms with Gasteiger partial charge in [0.15, 0.2) is 0 Å². The molecular formula is C22H24N2O4. The normalized spacial score (nSPS) is 23.5. The van der Waals surface area contributed by atoms with Gasteiger partial charge in [0.05, 0.1) is 6.20 Å². The van der Waals surface area contributed by atoms with E-state index in [9.17, 15) is 14.7 Å². The summed E-state index contributed by atoms with van der Waals surface area (Å²) < 4.78 is 5.75. The number of aryl methyl sites for hydroxylation is 1. The highest BCUT2D eigenvalue weighted by Crippen LogP contribution is 2.42. The topological polar surface area (TPSA) is 79.7 Å². The van der Waals surface area contributed by atoms with Crippen LogP contribution in [0.3, 0.4) is 0 Å². The Morgan fingerprint density at radius 2 is 2.11 bits per heavy atom. The Morgan fingerprint density at radius 1 is 1.25 bits per heavy atom. The van der Waals surface area contributed by atoms with Crippen molar-refractivity contribution in [2.75, 3.05) is 6.54 Å². The lowest BCUT2D eigenvalue weighted by molar-refractivity contribution is -0.142. The summed E-state index contributed by atoms with van der Waals surface area (Å²) >= 11 is 0. The number of aliphatic carboxylic acids is 1. The third-order valence-electron chi connectivity index (χ3n) is 5.87. The minimum atomic E-state index is -0.894. The van der Waals surface area contributed by atoms with Crippen LogP contribution in [0.4, 0.5) is 0 Å². The van der Waals surface area contributed by atoms with Crippen molar-refractivity contribution in [2.24, 2.45) is 11.8 Å². The number of carbonyl (C=O) groups is 2. The van der Waals surface area contributed by atoms with Crippen molar-refractivity contribution in [3.8, 4) is 5.75 Å². The molecule has 1 saturated carbocycles. The van der Waals surface area contributed by atoms with Crippen molar-refractivity contribution in [3.05, 3.63) is 59.4 Å². The second-order valence-corrected chi connectivity index (χ2v) is 7.72. The average molecular weight is 380 g/mol. The van der Waals surface area contributed by atoms with Crippen molar-refractivity contribution < 1.29 is 19.4 Å². The molecular weight excluding hydrogens is 356 g/mol. The fraction of sp³-hybridized carbons (Fsp3) is 0.409. The van der Waals surface area contributed by atoms with E-state index in [0.29, 0.717) is 30.4 Å². The van der Waals surface area contributed by atoms with Crippen LogP contribution in [-0.4, -0.2) is 39.5 Å². The molecule has 1 aliphatic carbocycles. The molecule has 4 rings (SSSR count). The maximum absolute atomic E-state index is 13.1. The molecule has 1 aromatic carbocycles. The Balaban J connectivity index is 1.48. The Morgan fingerprint density at radius 3 is 2.86 bits per heavy atom. The van der Waals surface area contributed by atoms with Crippen molar-refractivity contribution >= 4 is 11.9 Å². The van der Waals surface area contributed by atoms with E-state index in [0.717, 1.165) is 30.5 Å². The molecule has 1 saturated heterocycles. The molecule has 1 N–H and O–H groups in total. The molecule has 0 spiro atoms. The van der Waals surface area contributed by atoms with Gasteiger partial charge in [0.25, 0.3) is 5.91 Å². The highest BCUT2D eigenvalue weighted by Gasteiger charge is 2.49. The number of amides is 1. The fourth-order valence-corrected chi connectivity index (χ4v) is 4.50. The molecule has 1 amide bonds. The van der Waals surface area contributed by atoms with Crippen LogP contribution in [0.15, 0.2) is 42.6 Å². The van der Waals surface area contributed by atoms with E-state index in [1.165, 1.54) is 0 Å². The maximum atomic E-state index is 13.1. The summed E-state index contributed by atoms with van der Waals surface area (Å²) in [5.41, 5.74) is 2.29. The number of pyridine rings is 1. The monoisotopic (exact) mass is 380 g/mol. The summed E-state index contributed by atoms with van der Waals surface area (Å²) in [6, 6.07) is 10.3. The summed E-state index contributed by atoms with van der Waals surface area (Å²) in [7, 11) is 0. The largest absolute Gasteiger partial charge is 0.487 e. The first-order valence-corrected chi connectivity index (χ1v) is 9.71. The predicted molar refractivity (Wildman–Crippen MR) is 103 cm³/mol. The summed E-state index contributed by atoms with van der Waals surface area (Å²) in [6.45, 7) is 2.77. The van der Waals surface area contributed by atoms with Crippen LogP contribution < -0.4 is 4.74 Å². The highest BCUT2D eigenvalue weighted by molar-refractivity contribution is 5.97. The molecule has 1 aliphatic heterocycles. The molecule has 3 unspecified atom stereocenters. The van der Waals surface area contributed by atoms with Gasteiger partial charge < -0.3 is 14.7 Å². The molecule has 2 fully saturated rings. The van der Waals surface area contributed by atoms with E-state index in [-0.39, 0.29) is 11.8 Å². The van der Waals surface area contributed by atoms with Crippen LogP contribution in [0.2, 0.25) is 0 Å². The number of hydrogen-bond acceptors (Lipinski definition) is 4. The lowest BCUT2D eigenvalue weighted by Crippen LogP contribution is -2.43. The van der Waals surface area contributed by atoms with Crippen molar-refractivity contribution in [1.29, 1.82) is 0 Å². The number of carboxylic acids is 1. The molecule has 2 aromatic rings. The number of benzene rings is 1. The number of likely N-dealkylation sites (tertiary alicyclic amines) is 1. The fourth-order valence-electron chi connectivity index (χ4n) is 4.50. The number of hydrogen-bond donors (Lipinski definition) is 1. The van der Waals surface area contributed by atoms with Gasteiger partial charge in [-0.1, -0.05) is 18.6 Å². The number of ether oxygens (including phenoxy) is 1. The van der Waals surface area contributed by atoms with Crippen molar-refractivity contribution in [1.82, 2.24) is 9.88 Å². The summed E-state index contributed by atoms with van der Waals surface area (Å²) in [4.78, 5) is 30.6. The van der Waals surface area contributed by atoms with E-state index in [1.807, 2.05) is 31.2 Å². The van der Waals surface area contributed by atoms with Crippen molar-refractivity contribution in [2.45, 2.75) is 38.8 Å². The zero-order chi connectivity index (χ0) is 19.7. The average Bonchev–Trinajstić information content (AvgIpc) is 3.28. The number of rotatable bonds is 5. The van der Waals surface area contributed by atoms with Gasteiger partial charge in [-0.3, -0.25) is 9.78 Å². The smallest absolute Gasteiger partial charge is 0.326 e. The van der Waals surface area contributed by atoms with Crippen LogP contribution in [0.25, 0.3) is 0 Å². The second-order valence-electron chi connectivity index (χ2n) is 7.72. The number of nitrogens with zero attached hydrogens (tertiary/aromatic N) is 2. The zero-order valence-corrected chi connectivity index (χ0v) is 15.9. The SMILES string of the molecule is Cc1ccc(OCc2cccc(C(=O)N3CC4CCCC4C3C(=O)O)c2)cn1. The van der Waals surface area contributed by atoms with Crippen LogP contribution in [0.1, 0.15) is 40.9 Å². The summed E-state index contributed by atoms with van der Waals surface area (Å²) in [6.07, 6.45) is 4.63. The molecule has 3 atom stereocenters. The van der Waals surface area contributed by atoms with E-state index in [1.54, 1.807) is 23.2 Å². The van der Waals surface area contributed by atoms with Gasteiger partial charge in [-0.25, -0.2) is 4.79 Å². The van der Waals surface area contributed by atoms with Crippen LogP contribution >= 0.6 is 0 Å². The minimum Gasteiger partial charge on any atom is -0.487 e. The highest BCUT2D eigenvalue weighted by atomic mass is 16.5. The summed E-state index contributed by atoms with van der Waals surface area (Å²) in [5.74, 6) is -0.0389. The van der Waals surface area contributed by atoms with Gasteiger partial charge in [-0.05, 0) is 61.4 Å². The second kappa shape index (κ2) is 7.62. The lowest BCUT2D eigenvalue weighted by Gasteiger charge is -2.24. The van der Waals surface area contributed by atoms with E-state index in [2.05, 4.69) is 4.98 Å². The Hall–Kier alpha value is -2.89. The third-order valence-corrected chi connectivity index (χ3v) is 5.87. The minimum absolute atomic E-state index is 0.0852. The Labute approximate surface area is 164 Å². The van der Waals surface area contributed by atoms with Crippen LogP contribution in [0.5, 0.6) is 5.75 Å². The van der Waals surface area contributed by atoms with Gasteiger partial charge in [-0.2, -0.15) is 0 Å². The van der Waals surface area contributed by atoms with E-state index >= 15 is 0 Å². The number of aromatic nitrogens is 1. The van der Waals surface area contributed by atoms with Gasteiger partial charge in [0.1, 0.15) is 18.4 Å². The first-order chi connectivity index (χ1) is 13.5. The van der Waals surface area contributed by atoms with Gasteiger partial charge in [-0.15, -0.1) is 0 Å². The Bertz CT molecular complexity index is 880. The first-order valence-electron chi connectivity index (χ1n) is 9.71. The number of fused-ring (bicyclic) bond motifs is 1. The lowest BCUT2D eigenvalue weighted by atomic mass is 9.94. The molecule has 146 valence electrons. The summed E-state index contributed by atoms with van der Waals surface area (Å²) in [5, 5.41) is 9.69. The van der Waals surface area contributed by atoms with Gasteiger partial charge in [0.2, 0.25) is 0 Å². The first kappa shape index (κ1) is 18.5. The predicted octanol–water partition coefficient (Wildman–Crippen LogP) is 3.29. The molecule has 2 heterocycles. The molecule has 6 heteroatoms. The van der Waals surface area contributed by atoms with E-state index in [4.69, 9.17) is 4.74 Å². The zero-order valence-electron chi connectivity index (χ0n) is 15.9. The molecule has 1 aromatic heterocycles. The molecule has 6 nitrogen and oxygen atoms in total. The molecule has 28 heavy (non-hydrogen) atoms. The van der Waals surface area contributed by atoms with Crippen LogP contribution in [-0.2, 0) is 11.4 Å². The van der Waals surface area contributed by atoms with Crippen LogP contribution in [0, 0.1) is 18.8 Å². The van der Waals surface area contributed by atoms with Crippen molar-refractivity contribution in [3.63, 3.8) is 0 Å². The van der Waals surface area contributed by atoms with E-state index < -0.39 is 12.0 Å². The number of carbonyl (C=O) groups excluding carboxylic acids is 1. The Kier molecular flexibility index (Phi) is 5.03. The quantitative estimate of drug-likeness (QED) is 0.861. The number of carboxylic acid groups (broad SMARTS) is 1. The van der Waals surface area contributed by atoms with Gasteiger partial charge >= 0.3 is 5.97 Å². The standard InChI is InChI=1S/C22H24N2O4/c1-14-8-9-18(11-23-14)28-13-15-4-2-5-16(10-15)21(25)24-12-17-6-3-7-19(17)20(24)22(26)27/h2,4-5,8-11,17,19-20H,3,6-7,12-13H2,1H3,(H,26,27). The van der Waals surface area contributed by atoms with Gasteiger partial charge in [0, 0.05) is 17.8 Å². The molecule has 0 radical (unpaired) electrons. The molecule has 0 bridgehead atoms.